The highest BCUT2D eigenvalue weighted by molar-refractivity contribution is 5.85. The van der Waals surface area contributed by atoms with E-state index in [-0.39, 0.29) is 18.4 Å². The molecule has 8 nitrogen and oxygen atoms in total. The van der Waals surface area contributed by atoms with Gasteiger partial charge in [0.25, 0.3) is 0 Å². The second-order valence-corrected chi connectivity index (χ2v) is 11.0. The highest BCUT2D eigenvalue weighted by Crippen LogP contribution is 2.18. The van der Waals surface area contributed by atoms with E-state index in [2.05, 4.69) is 39.8 Å². The lowest BCUT2D eigenvalue weighted by Gasteiger charge is -2.25. The number of aryl methyl sites for hydroxylation is 1. The Labute approximate surface area is 222 Å². The second kappa shape index (κ2) is 15.4. The molecular formula is C29H46N4O4. The third kappa shape index (κ3) is 11.8. The van der Waals surface area contributed by atoms with Gasteiger partial charge in [-0.15, -0.1) is 0 Å². The van der Waals surface area contributed by atoms with Crippen LogP contribution in [-0.4, -0.2) is 33.8 Å². The van der Waals surface area contributed by atoms with Crippen LogP contribution in [0.5, 0.6) is 0 Å². The Kier molecular flexibility index (Phi) is 12.6. The summed E-state index contributed by atoms with van der Waals surface area (Å²) in [6.07, 6.45) is 11.0. The average molecular weight is 515 g/mol. The summed E-state index contributed by atoms with van der Waals surface area (Å²) >= 11 is 0. The summed E-state index contributed by atoms with van der Waals surface area (Å²) in [5, 5.41) is 9.45. The monoisotopic (exact) mass is 514 g/mol. The molecule has 0 fully saturated rings. The summed E-state index contributed by atoms with van der Waals surface area (Å²) in [6.45, 7) is 11.3. The first-order valence-electron chi connectivity index (χ1n) is 13.8. The lowest BCUT2D eigenvalue weighted by atomic mass is 10.0. The molecule has 2 N–H and O–H groups in total. The third-order valence-electron chi connectivity index (χ3n) is 6.03. The van der Waals surface area contributed by atoms with Crippen LogP contribution in [0.4, 0.5) is 4.79 Å². The molecule has 1 aromatic heterocycles. The number of carbonyl (C=O) groups is 2. The van der Waals surface area contributed by atoms with Gasteiger partial charge in [-0.3, -0.25) is 4.79 Å². The number of carbonyl (C=O) groups excluding carboxylic acids is 2. The van der Waals surface area contributed by atoms with Crippen molar-refractivity contribution in [3.8, 4) is 11.4 Å². The molecule has 1 aromatic carbocycles. The first kappa shape index (κ1) is 30.3. The Morgan fingerprint density at radius 1 is 0.973 bits per heavy atom. The van der Waals surface area contributed by atoms with Crippen LogP contribution in [0.25, 0.3) is 11.4 Å². The van der Waals surface area contributed by atoms with Crippen LogP contribution in [0, 0.1) is 5.92 Å². The summed E-state index contributed by atoms with van der Waals surface area (Å²) in [4.78, 5) is 29.2. The lowest BCUT2D eigenvalue weighted by Crippen LogP contribution is -2.50. The maximum absolute atomic E-state index is 12.7. The van der Waals surface area contributed by atoms with Gasteiger partial charge >= 0.3 is 6.09 Å². The largest absolute Gasteiger partial charge is 0.444 e. The zero-order valence-electron chi connectivity index (χ0n) is 23.6. The van der Waals surface area contributed by atoms with E-state index < -0.39 is 17.7 Å². The molecule has 0 aliphatic carbocycles. The smallest absolute Gasteiger partial charge is 0.408 e. The molecule has 0 spiro atoms. The minimum absolute atomic E-state index is 0.0710. The molecule has 0 bridgehead atoms. The number of amides is 2. The van der Waals surface area contributed by atoms with Crippen LogP contribution in [0.2, 0.25) is 0 Å². The third-order valence-corrected chi connectivity index (χ3v) is 6.03. The van der Waals surface area contributed by atoms with Crippen molar-refractivity contribution in [3.63, 3.8) is 0 Å². The number of alkyl carbamates (subject to hydrolysis) is 1. The fourth-order valence-corrected chi connectivity index (χ4v) is 3.97. The molecule has 206 valence electrons. The second-order valence-electron chi connectivity index (χ2n) is 11.0. The Morgan fingerprint density at radius 3 is 2.19 bits per heavy atom. The highest BCUT2D eigenvalue weighted by atomic mass is 16.6. The predicted molar refractivity (Wildman–Crippen MR) is 146 cm³/mol. The van der Waals surface area contributed by atoms with E-state index >= 15 is 0 Å². The van der Waals surface area contributed by atoms with Gasteiger partial charge in [-0.1, -0.05) is 95.1 Å². The van der Waals surface area contributed by atoms with Crippen LogP contribution >= 0.6 is 0 Å². The number of nitrogens with one attached hydrogen (secondary N) is 2. The minimum Gasteiger partial charge on any atom is -0.444 e. The molecule has 2 aromatic rings. The highest BCUT2D eigenvalue weighted by Gasteiger charge is 2.27. The molecule has 1 atom stereocenters. The summed E-state index contributed by atoms with van der Waals surface area (Å²) in [7, 11) is 0. The molecule has 0 saturated carbocycles. The Hall–Kier alpha value is -2.90. The van der Waals surface area contributed by atoms with Crippen molar-refractivity contribution >= 4 is 12.0 Å². The number of benzene rings is 1. The van der Waals surface area contributed by atoms with Crippen LogP contribution in [0.3, 0.4) is 0 Å². The Bertz CT molecular complexity index is 948. The predicted octanol–water partition coefficient (Wildman–Crippen LogP) is 6.59. The van der Waals surface area contributed by atoms with E-state index in [0.717, 1.165) is 12.0 Å². The normalized spacial score (nSPS) is 12.4. The first-order chi connectivity index (χ1) is 17.6. The Balaban J connectivity index is 1.79. The average Bonchev–Trinajstić information content (AvgIpc) is 3.31. The van der Waals surface area contributed by atoms with E-state index in [1.54, 1.807) is 20.8 Å². The zero-order valence-corrected chi connectivity index (χ0v) is 23.6. The maximum Gasteiger partial charge on any atom is 0.408 e. The molecule has 0 unspecified atom stereocenters. The number of aromatic nitrogens is 2. The molecule has 1 heterocycles. The summed E-state index contributed by atoms with van der Waals surface area (Å²) < 4.78 is 10.6. The van der Waals surface area contributed by atoms with Crippen molar-refractivity contribution in [2.45, 2.75) is 118 Å². The maximum atomic E-state index is 12.7. The van der Waals surface area contributed by atoms with E-state index in [0.29, 0.717) is 11.7 Å². The van der Waals surface area contributed by atoms with E-state index in [1.807, 2.05) is 26.0 Å². The molecule has 2 rings (SSSR count). The van der Waals surface area contributed by atoms with Gasteiger partial charge in [-0.25, -0.2) is 4.79 Å². The molecule has 0 radical (unpaired) electrons. The van der Waals surface area contributed by atoms with Gasteiger partial charge in [-0.2, -0.15) is 4.98 Å². The number of rotatable bonds is 15. The molecule has 2 amide bonds. The molecule has 8 heteroatoms. The standard InChI is InChI=1S/C29H46N4O4/c1-7-8-9-10-11-12-13-14-15-22-16-18-23(19-17-22)26-31-24(37-33-26)20-30-27(34)25(21(2)3)32-28(35)36-29(4,5)6/h16-19,21,25H,7-15,20H2,1-6H3,(H,30,34)(H,32,35)/t25-/m0/s1. The van der Waals surface area contributed by atoms with Crippen LogP contribution in [0.15, 0.2) is 28.8 Å². The van der Waals surface area contributed by atoms with Gasteiger partial charge < -0.3 is 19.9 Å². The number of nitrogens with zero attached hydrogens (tertiary/aromatic N) is 2. The minimum atomic E-state index is -0.745. The van der Waals surface area contributed by atoms with Crippen LogP contribution in [-0.2, 0) is 22.5 Å². The van der Waals surface area contributed by atoms with E-state index in [9.17, 15) is 9.59 Å². The molecule has 37 heavy (non-hydrogen) atoms. The van der Waals surface area contributed by atoms with Gasteiger partial charge in [0.15, 0.2) is 0 Å². The zero-order chi connectivity index (χ0) is 27.3. The molecular weight excluding hydrogens is 468 g/mol. The summed E-state index contributed by atoms with van der Waals surface area (Å²) in [6, 6.07) is 7.50. The number of hydrogen-bond donors (Lipinski definition) is 2. The number of ether oxygens (including phenoxy) is 1. The van der Waals surface area contributed by atoms with Crippen molar-refractivity contribution in [3.05, 3.63) is 35.7 Å². The van der Waals surface area contributed by atoms with Crippen LogP contribution in [0.1, 0.15) is 104 Å². The molecule has 0 aliphatic heterocycles. The van der Waals surface area contributed by atoms with Crippen molar-refractivity contribution in [2.24, 2.45) is 5.92 Å². The van der Waals surface area contributed by atoms with E-state index in [1.165, 1.54) is 56.9 Å². The lowest BCUT2D eigenvalue weighted by molar-refractivity contribution is -0.124. The van der Waals surface area contributed by atoms with Gasteiger partial charge in [0, 0.05) is 5.56 Å². The SMILES string of the molecule is CCCCCCCCCCc1ccc(-c2noc(CNC(=O)[C@@H](NC(=O)OC(C)(C)C)C(C)C)n2)cc1. The van der Waals surface area contributed by atoms with Gasteiger partial charge in [0.1, 0.15) is 11.6 Å². The quantitative estimate of drug-likeness (QED) is 0.260. The van der Waals surface area contributed by atoms with Gasteiger partial charge in [0.2, 0.25) is 17.6 Å². The number of unbranched alkanes of at least 4 members (excludes halogenated alkanes) is 7. The van der Waals surface area contributed by atoms with Crippen molar-refractivity contribution in [1.82, 2.24) is 20.8 Å². The van der Waals surface area contributed by atoms with Gasteiger partial charge in [-0.05, 0) is 45.1 Å². The van der Waals surface area contributed by atoms with Crippen molar-refractivity contribution < 1.29 is 18.8 Å². The first-order valence-corrected chi connectivity index (χ1v) is 13.8. The fourth-order valence-electron chi connectivity index (χ4n) is 3.97. The Morgan fingerprint density at radius 2 is 1.59 bits per heavy atom. The summed E-state index contributed by atoms with van der Waals surface area (Å²) in [5.74, 6) is 0.308. The van der Waals surface area contributed by atoms with Gasteiger partial charge in [0.05, 0.1) is 6.54 Å². The van der Waals surface area contributed by atoms with E-state index in [4.69, 9.17) is 9.26 Å². The number of hydrogen-bond acceptors (Lipinski definition) is 6. The fraction of sp³-hybridized carbons (Fsp3) is 0.655. The molecule has 0 saturated heterocycles. The van der Waals surface area contributed by atoms with Crippen molar-refractivity contribution in [2.75, 3.05) is 0 Å². The van der Waals surface area contributed by atoms with Crippen LogP contribution < -0.4 is 10.6 Å². The summed E-state index contributed by atoms with van der Waals surface area (Å²) in [5.41, 5.74) is 1.53. The molecule has 0 aliphatic rings. The van der Waals surface area contributed by atoms with Crippen molar-refractivity contribution in [1.29, 1.82) is 0 Å². The topological polar surface area (TPSA) is 106 Å².